The first-order valence-corrected chi connectivity index (χ1v) is 8.89. The summed E-state index contributed by atoms with van der Waals surface area (Å²) in [5, 5.41) is 7.06. The molecule has 2 N–H and O–H groups in total. The maximum Gasteiger partial charge on any atom is 0.410 e. The van der Waals surface area contributed by atoms with Gasteiger partial charge in [0.2, 0.25) is 0 Å². The van der Waals surface area contributed by atoms with Crippen LogP contribution in [0.3, 0.4) is 0 Å². The van der Waals surface area contributed by atoms with E-state index < -0.39 is 5.60 Å². The van der Waals surface area contributed by atoms with Gasteiger partial charge in [-0.3, -0.25) is 0 Å². The average Bonchev–Trinajstić information content (AvgIpc) is 2.93. The fourth-order valence-corrected chi connectivity index (χ4v) is 3.23. The highest BCUT2D eigenvalue weighted by atomic mass is 16.6. The number of hydrogen-bond acceptors (Lipinski definition) is 5. The minimum Gasteiger partial charge on any atom is -0.444 e. The maximum atomic E-state index is 12.3. The predicted molar refractivity (Wildman–Crippen MR) is 90.7 cm³/mol. The maximum absolute atomic E-state index is 12.3. The van der Waals surface area contributed by atoms with Crippen molar-refractivity contribution < 1.29 is 14.3 Å². The summed E-state index contributed by atoms with van der Waals surface area (Å²) < 4.78 is 11.0. The van der Waals surface area contributed by atoms with Crippen LogP contribution in [0.1, 0.15) is 47.0 Å². The number of likely N-dealkylation sites (tertiary alicyclic amines) is 1. The summed E-state index contributed by atoms with van der Waals surface area (Å²) in [4.78, 5) is 14.2. The minimum absolute atomic E-state index is 0.184. The molecule has 0 spiro atoms. The molecule has 2 heterocycles. The SMILES string of the molecule is CC(CC1COCCN1)NCC1CCCN1C(=O)OC(C)(C)C. The normalized spacial score (nSPS) is 27.0. The van der Waals surface area contributed by atoms with Gasteiger partial charge in [-0.05, 0) is 47.0 Å². The minimum atomic E-state index is -0.433. The molecule has 0 aromatic rings. The quantitative estimate of drug-likeness (QED) is 0.805. The van der Waals surface area contributed by atoms with Crippen LogP contribution in [0.25, 0.3) is 0 Å². The van der Waals surface area contributed by atoms with E-state index in [-0.39, 0.29) is 12.1 Å². The molecule has 0 bridgehead atoms. The van der Waals surface area contributed by atoms with Crippen molar-refractivity contribution in [2.45, 2.75) is 70.7 Å². The number of carbonyl (C=O) groups excluding carboxylic acids is 1. The summed E-state index contributed by atoms with van der Waals surface area (Å²) in [6.45, 7) is 12.1. The van der Waals surface area contributed by atoms with Gasteiger partial charge in [0.05, 0.1) is 13.2 Å². The van der Waals surface area contributed by atoms with Crippen molar-refractivity contribution in [3.63, 3.8) is 0 Å². The lowest BCUT2D eigenvalue weighted by atomic mass is 10.1. The Bertz CT molecular complexity index is 378. The molecule has 3 unspecified atom stereocenters. The number of nitrogens with one attached hydrogen (secondary N) is 2. The molecular formula is C17H33N3O3. The van der Waals surface area contributed by atoms with Crippen molar-refractivity contribution in [1.29, 1.82) is 0 Å². The van der Waals surface area contributed by atoms with Gasteiger partial charge in [0.1, 0.15) is 5.60 Å². The third-order valence-corrected chi connectivity index (χ3v) is 4.34. The van der Waals surface area contributed by atoms with Crippen LogP contribution in [-0.4, -0.2) is 67.6 Å². The summed E-state index contributed by atoms with van der Waals surface area (Å²) in [5.41, 5.74) is -0.433. The molecule has 2 aliphatic heterocycles. The zero-order chi connectivity index (χ0) is 16.9. The van der Waals surface area contributed by atoms with Gasteiger partial charge in [-0.25, -0.2) is 4.79 Å². The van der Waals surface area contributed by atoms with Crippen molar-refractivity contribution in [2.24, 2.45) is 0 Å². The van der Waals surface area contributed by atoms with E-state index in [1.165, 1.54) is 0 Å². The van der Waals surface area contributed by atoms with Crippen molar-refractivity contribution in [3.05, 3.63) is 0 Å². The van der Waals surface area contributed by atoms with E-state index in [0.29, 0.717) is 12.1 Å². The van der Waals surface area contributed by atoms with Crippen molar-refractivity contribution >= 4 is 6.09 Å². The van der Waals surface area contributed by atoms with E-state index in [9.17, 15) is 4.79 Å². The van der Waals surface area contributed by atoms with E-state index in [1.807, 2.05) is 25.7 Å². The zero-order valence-corrected chi connectivity index (χ0v) is 15.1. The average molecular weight is 327 g/mol. The molecule has 3 atom stereocenters. The zero-order valence-electron chi connectivity index (χ0n) is 15.1. The lowest BCUT2D eigenvalue weighted by molar-refractivity contribution is 0.0223. The number of nitrogens with zero attached hydrogens (tertiary/aromatic N) is 1. The van der Waals surface area contributed by atoms with Gasteiger partial charge in [0.25, 0.3) is 0 Å². The van der Waals surface area contributed by atoms with Crippen molar-refractivity contribution in [1.82, 2.24) is 15.5 Å². The van der Waals surface area contributed by atoms with Gasteiger partial charge in [-0.15, -0.1) is 0 Å². The van der Waals surface area contributed by atoms with Gasteiger partial charge in [-0.2, -0.15) is 0 Å². The molecule has 0 radical (unpaired) electrons. The number of hydrogen-bond donors (Lipinski definition) is 2. The number of amides is 1. The molecule has 0 saturated carbocycles. The van der Waals surface area contributed by atoms with Gasteiger partial charge in [0.15, 0.2) is 0 Å². The van der Waals surface area contributed by atoms with E-state index >= 15 is 0 Å². The van der Waals surface area contributed by atoms with E-state index in [1.54, 1.807) is 0 Å². The number of ether oxygens (including phenoxy) is 2. The molecule has 0 aromatic carbocycles. The van der Waals surface area contributed by atoms with Crippen LogP contribution in [0.4, 0.5) is 4.79 Å². The Kier molecular flexibility index (Phi) is 6.68. The molecule has 2 fully saturated rings. The molecule has 23 heavy (non-hydrogen) atoms. The lowest BCUT2D eigenvalue weighted by Gasteiger charge is -2.30. The highest BCUT2D eigenvalue weighted by Gasteiger charge is 2.32. The first-order chi connectivity index (χ1) is 10.8. The van der Waals surface area contributed by atoms with Crippen LogP contribution in [0, 0.1) is 0 Å². The summed E-state index contributed by atoms with van der Waals surface area (Å²) in [7, 11) is 0. The highest BCUT2D eigenvalue weighted by molar-refractivity contribution is 5.69. The molecule has 134 valence electrons. The van der Waals surface area contributed by atoms with E-state index in [2.05, 4.69) is 17.6 Å². The Hall–Kier alpha value is -0.850. The highest BCUT2D eigenvalue weighted by Crippen LogP contribution is 2.20. The Morgan fingerprint density at radius 2 is 2.26 bits per heavy atom. The Morgan fingerprint density at radius 1 is 1.48 bits per heavy atom. The van der Waals surface area contributed by atoms with Crippen LogP contribution in [0.15, 0.2) is 0 Å². The molecule has 2 saturated heterocycles. The third kappa shape index (κ3) is 6.28. The number of morpholine rings is 1. The first-order valence-electron chi connectivity index (χ1n) is 8.89. The lowest BCUT2D eigenvalue weighted by Crippen LogP contribution is -2.48. The van der Waals surface area contributed by atoms with Crippen LogP contribution in [-0.2, 0) is 9.47 Å². The second kappa shape index (κ2) is 8.31. The van der Waals surface area contributed by atoms with Crippen molar-refractivity contribution in [3.8, 4) is 0 Å². The van der Waals surface area contributed by atoms with Gasteiger partial charge in [0, 0.05) is 37.8 Å². The van der Waals surface area contributed by atoms with Crippen LogP contribution < -0.4 is 10.6 Å². The molecule has 0 aromatic heterocycles. The topological polar surface area (TPSA) is 62.8 Å². The molecule has 2 rings (SSSR count). The standard InChI is InChI=1S/C17H33N3O3/c1-13(10-14-12-22-9-7-18-14)19-11-15-6-5-8-20(15)16(21)23-17(2,3)4/h13-15,18-19H,5-12H2,1-4H3. The number of rotatable bonds is 5. The third-order valence-electron chi connectivity index (χ3n) is 4.34. The van der Waals surface area contributed by atoms with Crippen LogP contribution in [0.2, 0.25) is 0 Å². The Morgan fingerprint density at radius 3 is 2.91 bits per heavy atom. The second-order valence-electron chi connectivity index (χ2n) is 7.74. The molecule has 6 nitrogen and oxygen atoms in total. The largest absolute Gasteiger partial charge is 0.444 e. The Balaban J connectivity index is 1.73. The Labute approximate surface area is 140 Å². The first kappa shape index (κ1) is 18.5. The molecule has 1 amide bonds. The molecule has 6 heteroatoms. The van der Waals surface area contributed by atoms with Crippen LogP contribution in [0.5, 0.6) is 0 Å². The molecule has 2 aliphatic rings. The summed E-state index contributed by atoms with van der Waals surface area (Å²) in [5.74, 6) is 0. The van der Waals surface area contributed by atoms with E-state index in [4.69, 9.17) is 9.47 Å². The fraction of sp³-hybridized carbons (Fsp3) is 0.941. The summed E-state index contributed by atoms with van der Waals surface area (Å²) >= 11 is 0. The number of carbonyl (C=O) groups is 1. The monoisotopic (exact) mass is 327 g/mol. The fourth-order valence-electron chi connectivity index (χ4n) is 3.23. The van der Waals surface area contributed by atoms with Crippen LogP contribution >= 0.6 is 0 Å². The molecule has 0 aliphatic carbocycles. The smallest absolute Gasteiger partial charge is 0.410 e. The summed E-state index contributed by atoms with van der Waals surface area (Å²) in [6, 6.07) is 1.06. The molecular weight excluding hydrogens is 294 g/mol. The van der Waals surface area contributed by atoms with Crippen molar-refractivity contribution in [2.75, 3.05) is 32.8 Å². The van der Waals surface area contributed by atoms with Gasteiger partial charge < -0.3 is 25.0 Å². The predicted octanol–water partition coefficient (Wildman–Crippen LogP) is 1.74. The summed E-state index contributed by atoms with van der Waals surface area (Å²) in [6.07, 6.45) is 2.96. The van der Waals surface area contributed by atoms with E-state index in [0.717, 1.165) is 52.1 Å². The van der Waals surface area contributed by atoms with Gasteiger partial charge in [-0.1, -0.05) is 0 Å². The second-order valence-corrected chi connectivity index (χ2v) is 7.74. The van der Waals surface area contributed by atoms with Gasteiger partial charge >= 0.3 is 6.09 Å².